The van der Waals surface area contributed by atoms with Crippen LogP contribution in [0.5, 0.6) is 0 Å². The van der Waals surface area contributed by atoms with Crippen LogP contribution in [-0.2, 0) is 13.1 Å². The number of hydrogen-bond acceptors (Lipinski definition) is 4. The van der Waals surface area contributed by atoms with Crippen LogP contribution in [-0.4, -0.2) is 20.9 Å². The Balaban J connectivity index is 2.08. The Morgan fingerprint density at radius 1 is 1.61 bits per heavy atom. The first-order chi connectivity index (χ1) is 8.60. The van der Waals surface area contributed by atoms with E-state index in [0.717, 1.165) is 16.2 Å². The van der Waals surface area contributed by atoms with E-state index in [1.807, 2.05) is 6.92 Å². The highest BCUT2D eigenvalue weighted by Crippen LogP contribution is 2.16. The SMILES string of the molecule is CCn1nc(NCc2ccc(F)s2)cc1C(=O)O. The molecule has 0 radical (unpaired) electrons. The molecule has 0 spiro atoms. The smallest absolute Gasteiger partial charge is 0.354 e. The molecule has 0 atom stereocenters. The number of carboxylic acid groups (broad SMARTS) is 1. The summed E-state index contributed by atoms with van der Waals surface area (Å²) < 4.78 is 14.2. The van der Waals surface area contributed by atoms with Crippen molar-refractivity contribution in [1.82, 2.24) is 9.78 Å². The summed E-state index contributed by atoms with van der Waals surface area (Å²) >= 11 is 1.05. The van der Waals surface area contributed by atoms with Crippen molar-refractivity contribution in [3.05, 3.63) is 33.9 Å². The second kappa shape index (κ2) is 5.18. The van der Waals surface area contributed by atoms with E-state index in [0.29, 0.717) is 18.9 Å². The molecule has 0 bridgehead atoms. The van der Waals surface area contributed by atoms with Crippen molar-refractivity contribution in [2.75, 3.05) is 5.32 Å². The largest absolute Gasteiger partial charge is 0.477 e. The summed E-state index contributed by atoms with van der Waals surface area (Å²) in [4.78, 5) is 11.8. The molecule has 0 unspecified atom stereocenters. The number of thiophene rings is 1. The van der Waals surface area contributed by atoms with E-state index in [9.17, 15) is 9.18 Å². The van der Waals surface area contributed by atoms with Gasteiger partial charge in [0.2, 0.25) is 0 Å². The number of aromatic nitrogens is 2. The summed E-state index contributed by atoms with van der Waals surface area (Å²) in [6.07, 6.45) is 0. The fraction of sp³-hybridized carbons (Fsp3) is 0.273. The van der Waals surface area contributed by atoms with Gasteiger partial charge in [-0.05, 0) is 19.1 Å². The molecule has 2 heterocycles. The Bertz CT molecular complexity index is 564. The minimum absolute atomic E-state index is 0.136. The van der Waals surface area contributed by atoms with E-state index >= 15 is 0 Å². The fourth-order valence-corrected chi connectivity index (χ4v) is 2.21. The van der Waals surface area contributed by atoms with E-state index in [4.69, 9.17) is 5.11 Å². The van der Waals surface area contributed by atoms with Crippen LogP contribution in [0.3, 0.4) is 0 Å². The van der Waals surface area contributed by atoms with Crippen molar-refractivity contribution in [1.29, 1.82) is 0 Å². The lowest BCUT2D eigenvalue weighted by molar-refractivity contribution is 0.0683. The van der Waals surface area contributed by atoms with Gasteiger partial charge < -0.3 is 10.4 Å². The van der Waals surface area contributed by atoms with Crippen LogP contribution < -0.4 is 5.32 Å². The number of aromatic carboxylic acids is 1. The van der Waals surface area contributed by atoms with Gasteiger partial charge in [-0.25, -0.2) is 4.79 Å². The summed E-state index contributed by atoms with van der Waals surface area (Å²) in [5.41, 5.74) is 0.136. The molecular formula is C11H12FN3O2S. The summed E-state index contributed by atoms with van der Waals surface area (Å²) in [7, 11) is 0. The number of rotatable bonds is 5. The predicted molar refractivity (Wildman–Crippen MR) is 66.5 cm³/mol. The van der Waals surface area contributed by atoms with E-state index in [1.54, 1.807) is 6.07 Å². The van der Waals surface area contributed by atoms with Crippen molar-refractivity contribution in [3.8, 4) is 0 Å². The van der Waals surface area contributed by atoms with E-state index in [1.165, 1.54) is 16.8 Å². The van der Waals surface area contributed by atoms with Crippen LogP contribution in [0.2, 0.25) is 0 Å². The average Bonchev–Trinajstić information content (AvgIpc) is 2.92. The zero-order valence-corrected chi connectivity index (χ0v) is 10.5. The van der Waals surface area contributed by atoms with Crippen LogP contribution in [0.15, 0.2) is 18.2 Å². The number of halogens is 1. The molecule has 0 aromatic carbocycles. The molecule has 18 heavy (non-hydrogen) atoms. The first kappa shape index (κ1) is 12.6. The van der Waals surface area contributed by atoms with Gasteiger partial charge in [0.1, 0.15) is 11.5 Å². The van der Waals surface area contributed by atoms with Gasteiger partial charge in [0.25, 0.3) is 0 Å². The normalized spacial score (nSPS) is 10.6. The number of aryl methyl sites for hydroxylation is 1. The minimum atomic E-state index is -1.01. The lowest BCUT2D eigenvalue weighted by Gasteiger charge is -1.99. The summed E-state index contributed by atoms with van der Waals surface area (Å²) in [5.74, 6) is -0.539. The van der Waals surface area contributed by atoms with E-state index in [-0.39, 0.29) is 10.8 Å². The number of anilines is 1. The van der Waals surface area contributed by atoms with Crippen LogP contribution >= 0.6 is 11.3 Å². The second-order valence-electron chi connectivity index (χ2n) is 3.60. The van der Waals surface area contributed by atoms with Gasteiger partial charge in [0, 0.05) is 17.5 Å². The molecular weight excluding hydrogens is 257 g/mol. The fourth-order valence-electron chi connectivity index (χ4n) is 1.54. The Morgan fingerprint density at radius 3 is 2.89 bits per heavy atom. The number of nitrogens with one attached hydrogen (secondary N) is 1. The average molecular weight is 269 g/mol. The molecule has 0 saturated carbocycles. The molecule has 5 nitrogen and oxygen atoms in total. The van der Waals surface area contributed by atoms with Crippen molar-refractivity contribution < 1.29 is 14.3 Å². The van der Waals surface area contributed by atoms with E-state index in [2.05, 4.69) is 10.4 Å². The minimum Gasteiger partial charge on any atom is -0.477 e. The maximum absolute atomic E-state index is 12.8. The first-order valence-electron chi connectivity index (χ1n) is 5.39. The predicted octanol–water partition coefficient (Wildman–Crippen LogP) is 2.41. The van der Waals surface area contributed by atoms with Gasteiger partial charge in [-0.1, -0.05) is 0 Å². The Kier molecular flexibility index (Phi) is 3.61. The van der Waals surface area contributed by atoms with Gasteiger partial charge in [0.05, 0.1) is 6.54 Å². The quantitative estimate of drug-likeness (QED) is 0.874. The third-order valence-corrected chi connectivity index (χ3v) is 3.24. The third kappa shape index (κ3) is 2.67. The van der Waals surface area contributed by atoms with Crippen LogP contribution in [0.1, 0.15) is 22.3 Å². The van der Waals surface area contributed by atoms with Crippen molar-refractivity contribution in [2.24, 2.45) is 0 Å². The van der Waals surface area contributed by atoms with Crippen molar-refractivity contribution in [3.63, 3.8) is 0 Å². The zero-order valence-electron chi connectivity index (χ0n) is 9.68. The topological polar surface area (TPSA) is 67.2 Å². The van der Waals surface area contributed by atoms with Crippen LogP contribution in [0.25, 0.3) is 0 Å². The van der Waals surface area contributed by atoms with Gasteiger partial charge in [-0.3, -0.25) is 4.68 Å². The monoisotopic (exact) mass is 269 g/mol. The Labute approximate surface area is 107 Å². The van der Waals surface area contributed by atoms with Crippen molar-refractivity contribution in [2.45, 2.75) is 20.0 Å². The number of carbonyl (C=O) groups is 1. The number of hydrogen-bond donors (Lipinski definition) is 2. The molecule has 0 amide bonds. The maximum atomic E-state index is 12.8. The van der Waals surface area contributed by atoms with Gasteiger partial charge in [-0.2, -0.15) is 9.49 Å². The van der Waals surface area contributed by atoms with Gasteiger partial charge in [-0.15, -0.1) is 11.3 Å². The van der Waals surface area contributed by atoms with Gasteiger partial charge >= 0.3 is 5.97 Å². The highest BCUT2D eigenvalue weighted by Gasteiger charge is 2.12. The molecule has 0 aliphatic rings. The molecule has 7 heteroatoms. The maximum Gasteiger partial charge on any atom is 0.354 e. The molecule has 0 saturated heterocycles. The Morgan fingerprint density at radius 2 is 2.39 bits per heavy atom. The molecule has 2 rings (SSSR count). The summed E-state index contributed by atoms with van der Waals surface area (Å²) in [5, 5.41) is 15.8. The lowest BCUT2D eigenvalue weighted by Crippen LogP contribution is -2.08. The molecule has 0 fully saturated rings. The first-order valence-corrected chi connectivity index (χ1v) is 6.21. The number of nitrogens with zero attached hydrogens (tertiary/aromatic N) is 2. The summed E-state index contributed by atoms with van der Waals surface area (Å²) in [6.45, 7) is 2.73. The van der Waals surface area contributed by atoms with Crippen LogP contribution in [0.4, 0.5) is 10.2 Å². The highest BCUT2D eigenvalue weighted by molar-refractivity contribution is 7.10. The summed E-state index contributed by atoms with van der Waals surface area (Å²) in [6, 6.07) is 4.55. The molecule has 0 aliphatic carbocycles. The molecule has 2 aromatic heterocycles. The number of carboxylic acids is 1. The molecule has 2 N–H and O–H groups in total. The Hall–Kier alpha value is -1.89. The molecule has 96 valence electrons. The third-order valence-electron chi connectivity index (χ3n) is 2.37. The second-order valence-corrected chi connectivity index (χ2v) is 4.71. The van der Waals surface area contributed by atoms with Crippen LogP contribution in [0, 0.1) is 5.13 Å². The standard InChI is InChI=1S/C11H12FN3O2S/c1-2-15-8(11(16)17)5-10(14-15)13-6-7-3-4-9(12)18-7/h3-5H,2,6H2,1H3,(H,13,14)(H,16,17). The molecule has 2 aromatic rings. The zero-order chi connectivity index (χ0) is 13.1. The molecule has 0 aliphatic heterocycles. The van der Waals surface area contributed by atoms with Crippen molar-refractivity contribution >= 4 is 23.1 Å². The van der Waals surface area contributed by atoms with E-state index < -0.39 is 5.97 Å². The highest BCUT2D eigenvalue weighted by atomic mass is 32.1. The van der Waals surface area contributed by atoms with Gasteiger partial charge in [0.15, 0.2) is 5.13 Å². The lowest BCUT2D eigenvalue weighted by atomic mass is 10.4.